The number of fused-ring (bicyclic) bond motifs is 2. The summed E-state index contributed by atoms with van der Waals surface area (Å²) in [5.74, 6) is -8.98. The van der Waals surface area contributed by atoms with Gasteiger partial charge in [0.1, 0.15) is 54.2 Å². The molecule has 82 heavy (non-hydrogen) atoms. The molecule has 1 aromatic carbocycles. The molecule has 4 rings (SSSR count). The van der Waals surface area contributed by atoms with Crippen LogP contribution in [0.5, 0.6) is 5.75 Å². The number of benzene rings is 1. The standard InChI is InChI=1S/C55H90N10O17/c1-7-29(2)22-30(3)14-12-10-8-9-11-13-15-42(73)58-35-24-39(70)36(26-57-43(74)28-63(5)6)59-53(80)47-38(69)20-21-64(47)55(82)45(40(71)25-41(56)72)61-52(79)46(49(76)48(75)32-16-18-33(67)19-17-32)62-51(78)37-23-34(68)27-65(37)54(81)44(31(4)66)60-50(35)77/h16-19,29-31,34-40,44-49,66-71,75-76H,7-15,20-28H2,1-6H3,(H2,56,72)(H,57,74)(H,58,73)(H,59,80)(H,60,77)(H,61,79)(H,62,78)/t29-,30+,31+,34+,35-,36-,37-,38-,39+,40+,44-,45-,46-,47-,48-,49-/m0/s1. The Morgan fingerprint density at radius 1 is 0.732 bits per heavy atom. The van der Waals surface area contributed by atoms with E-state index in [0.29, 0.717) is 24.7 Å². The second kappa shape index (κ2) is 32.7. The molecule has 3 saturated heterocycles. The molecule has 1 aromatic rings. The molecule has 9 amide bonds. The van der Waals surface area contributed by atoms with Gasteiger partial charge in [-0.15, -0.1) is 0 Å². The molecule has 0 saturated carbocycles. The van der Waals surface area contributed by atoms with Crippen LogP contribution in [0, 0.1) is 11.8 Å². The number of phenolic OH excluding ortho intramolecular Hbond substituents is 1. The van der Waals surface area contributed by atoms with Crippen molar-refractivity contribution in [3.63, 3.8) is 0 Å². The Kier molecular flexibility index (Phi) is 27.3. The number of nitrogens with zero attached hydrogens (tertiary/aromatic N) is 3. The molecule has 3 fully saturated rings. The third kappa shape index (κ3) is 20.4. The smallest absolute Gasteiger partial charge is 0.248 e. The molecule has 27 nitrogen and oxygen atoms in total. The zero-order valence-electron chi connectivity index (χ0n) is 47.9. The normalized spacial score (nSPS) is 27.5. The third-order valence-electron chi connectivity index (χ3n) is 15.4. The first-order valence-electron chi connectivity index (χ1n) is 28.5. The number of aromatic hydroxyl groups is 1. The van der Waals surface area contributed by atoms with Crippen molar-refractivity contribution in [1.29, 1.82) is 0 Å². The average Bonchev–Trinajstić information content (AvgIpc) is 4.24. The lowest BCUT2D eigenvalue weighted by Gasteiger charge is -2.35. The molecule has 0 radical (unpaired) electrons. The van der Waals surface area contributed by atoms with Crippen LogP contribution >= 0.6 is 0 Å². The summed E-state index contributed by atoms with van der Waals surface area (Å²) >= 11 is 0. The Balaban J connectivity index is 1.79. The number of hydrogen-bond acceptors (Lipinski definition) is 18. The predicted octanol–water partition coefficient (Wildman–Crippen LogP) is -3.61. The number of nitrogens with one attached hydrogen (secondary N) is 6. The minimum absolute atomic E-state index is 0.0780. The molecule has 16 atom stereocenters. The molecule has 0 spiro atoms. The highest BCUT2D eigenvalue weighted by Crippen LogP contribution is 2.27. The molecule has 3 aliphatic rings. The number of aliphatic hydroxyl groups is 7. The summed E-state index contributed by atoms with van der Waals surface area (Å²) in [6, 6.07) is -8.92. The number of amides is 9. The molecule has 0 aromatic heterocycles. The van der Waals surface area contributed by atoms with E-state index in [1.807, 2.05) is 0 Å². The van der Waals surface area contributed by atoms with E-state index in [1.54, 1.807) is 14.1 Å². The van der Waals surface area contributed by atoms with Gasteiger partial charge >= 0.3 is 0 Å². The minimum Gasteiger partial charge on any atom is -0.508 e. The topological polar surface area (TPSA) is 423 Å². The first-order valence-corrected chi connectivity index (χ1v) is 28.5. The van der Waals surface area contributed by atoms with E-state index in [9.17, 15) is 84.0 Å². The van der Waals surface area contributed by atoms with Gasteiger partial charge in [0.05, 0.1) is 49.5 Å². The van der Waals surface area contributed by atoms with Crippen molar-refractivity contribution in [2.75, 3.05) is 40.3 Å². The molecule has 3 aliphatic heterocycles. The Labute approximate surface area is 478 Å². The maximum atomic E-state index is 14.7. The lowest BCUT2D eigenvalue weighted by Crippen LogP contribution is -2.64. The Hall–Kier alpha value is -6.07. The largest absolute Gasteiger partial charge is 0.508 e. The number of carbonyl (C=O) groups is 9. The van der Waals surface area contributed by atoms with Gasteiger partial charge in [0, 0.05) is 38.9 Å². The third-order valence-corrected chi connectivity index (χ3v) is 15.4. The van der Waals surface area contributed by atoms with E-state index in [0.717, 1.165) is 67.4 Å². The van der Waals surface area contributed by atoms with Crippen LogP contribution in [0.1, 0.15) is 129 Å². The van der Waals surface area contributed by atoms with Crippen molar-refractivity contribution in [2.45, 2.75) is 203 Å². The number of aliphatic hydroxyl groups excluding tert-OH is 7. The molecular formula is C55H90N10O17. The van der Waals surface area contributed by atoms with Crippen LogP contribution in [0.25, 0.3) is 0 Å². The molecular weight excluding hydrogens is 1070 g/mol. The van der Waals surface area contributed by atoms with Crippen LogP contribution in [0.2, 0.25) is 0 Å². The number of hydrogen-bond donors (Lipinski definition) is 15. The fourth-order valence-corrected chi connectivity index (χ4v) is 10.6. The summed E-state index contributed by atoms with van der Waals surface area (Å²) in [6.45, 7) is 6.06. The number of primary amides is 1. The van der Waals surface area contributed by atoms with Gasteiger partial charge in [0.2, 0.25) is 53.2 Å². The fourth-order valence-electron chi connectivity index (χ4n) is 10.6. The summed E-state index contributed by atoms with van der Waals surface area (Å²) in [6.07, 6.45) is -7.65. The first kappa shape index (κ1) is 68.4. The van der Waals surface area contributed by atoms with Crippen LogP contribution in [-0.2, 0) is 43.2 Å². The second-order valence-corrected chi connectivity index (χ2v) is 22.8. The molecule has 462 valence electrons. The number of phenols is 1. The number of likely N-dealkylation sites (N-methyl/N-ethyl adjacent to an activating group) is 1. The van der Waals surface area contributed by atoms with Gasteiger partial charge in [0.25, 0.3) is 0 Å². The molecule has 3 heterocycles. The lowest BCUT2D eigenvalue weighted by molar-refractivity contribution is -0.148. The minimum atomic E-state index is -2.37. The summed E-state index contributed by atoms with van der Waals surface area (Å²) < 4.78 is 0. The van der Waals surface area contributed by atoms with Crippen molar-refractivity contribution >= 4 is 53.2 Å². The van der Waals surface area contributed by atoms with Gasteiger partial charge in [-0.2, -0.15) is 0 Å². The Bertz CT molecular complexity index is 2310. The second-order valence-electron chi connectivity index (χ2n) is 22.8. The van der Waals surface area contributed by atoms with Crippen molar-refractivity contribution in [1.82, 2.24) is 46.6 Å². The molecule has 0 bridgehead atoms. The number of nitrogens with two attached hydrogens (primary N) is 1. The van der Waals surface area contributed by atoms with Crippen LogP contribution in [0.15, 0.2) is 24.3 Å². The zero-order valence-corrected chi connectivity index (χ0v) is 47.9. The van der Waals surface area contributed by atoms with Gasteiger partial charge in [-0.05, 0) is 69.8 Å². The van der Waals surface area contributed by atoms with E-state index in [-0.39, 0.29) is 30.7 Å². The van der Waals surface area contributed by atoms with Crippen LogP contribution in [0.3, 0.4) is 0 Å². The summed E-state index contributed by atoms with van der Waals surface area (Å²) in [5.41, 5.74) is 5.28. The summed E-state index contributed by atoms with van der Waals surface area (Å²) in [4.78, 5) is 129. The van der Waals surface area contributed by atoms with Crippen molar-refractivity contribution in [2.24, 2.45) is 17.6 Å². The first-order chi connectivity index (χ1) is 38.6. The fraction of sp³-hybridized carbons (Fsp3) is 0.727. The molecule has 16 N–H and O–H groups in total. The highest BCUT2D eigenvalue weighted by atomic mass is 16.3. The molecule has 27 heteroatoms. The number of rotatable bonds is 24. The van der Waals surface area contributed by atoms with Crippen molar-refractivity contribution in [3.8, 4) is 5.75 Å². The monoisotopic (exact) mass is 1160 g/mol. The maximum absolute atomic E-state index is 14.7. The SMILES string of the molecule is CC[C@H](C)C[C@H](C)CCCCCCCCC(=O)N[C@H]1C[C@@H](O)[C@H](CNC(=O)CN(C)C)NC(=O)[C@@H]2[C@@H](O)CCN2C(=O)[C@H]([C@H](O)CC(N)=O)NC(=O)[C@H]([C@H](O)[C@@H](O)c2ccc(O)cc2)NC(=O)[C@@H]2C[C@@H](O)CN2C(=O)[C@H]([C@@H](C)O)NC1=O. The number of unbranched alkanes of at least 4 members (excludes halogenated alkanes) is 5. The average molecular weight is 1160 g/mol. The van der Waals surface area contributed by atoms with Crippen LogP contribution in [0.4, 0.5) is 0 Å². The van der Waals surface area contributed by atoms with Gasteiger partial charge in [-0.25, -0.2) is 0 Å². The predicted molar refractivity (Wildman–Crippen MR) is 295 cm³/mol. The van der Waals surface area contributed by atoms with E-state index in [2.05, 4.69) is 52.7 Å². The molecule has 0 unspecified atom stereocenters. The van der Waals surface area contributed by atoms with E-state index >= 15 is 0 Å². The highest BCUT2D eigenvalue weighted by Gasteiger charge is 2.49. The zero-order chi connectivity index (χ0) is 61.1. The quantitative estimate of drug-likeness (QED) is 0.0445. The van der Waals surface area contributed by atoms with Crippen molar-refractivity contribution in [3.05, 3.63) is 29.8 Å². The highest BCUT2D eigenvalue weighted by molar-refractivity contribution is 5.98. The maximum Gasteiger partial charge on any atom is 0.248 e. The molecule has 0 aliphatic carbocycles. The number of carbonyl (C=O) groups excluding carboxylic acids is 9. The lowest BCUT2D eigenvalue weighted by atomic mass is 9.91. The van der Waals surface area contributed by atoms with Gasteiger partial charge in [-0.3, -0.25) is 43.2 Å². The van der Waals surface area contributed by atoms with Crippen molar-refractivity contribution < 1.29 is 84.0 Å². The van der Waals surface area contributed by atoms with E-state index < -0.39 is 177 Å². The van der Waals surface area contributed by atoms with Crippen LogP contribution < -0.4 is 37.6 Å². The van der Waals surface area contributed by atoms with Gasteiger partial charge < -0.3 is 93.2 Å². The summed E-state index contributed by atoms with van der Waals surface area (Å²) in [7, 11) is 3.19. The van der Waals surface area contributed by atoms with E-state index in [4.69, 9.17) is 5.73 Å². The van der Waals surface area contributed by atoms with Gasteiger partial charge in [0.15, 0.2) is 0 Å². The Morgan fingerprint density at radius 3 is 1.96 bits per heavy atom. The Morgan fingerprint density at radius 2 is 1.34 bits per heavy atom. The summed E-state index contributed by atoms with van der Waals surface area (Å²) in [5, 5.41) is 104. The van der Waals surface area contributed by atoms with E-state index in [1.165, 1.54) is 23.5 Å². The van der Waals surface area contributed by atoms with Gasteiger partial charge in [-0.1, -0.05) is 77.8 Å². The van der Waals surface area contributed by atoms with Crippen LogP contribution in [-0.4, -0.2) is 228 Å².